The Morgan fingerprint density at radius 2 is 2.00 bits per heavy atom. The first-order valence-corrected chi connectivity index (χ1v) is 10.5. The lowest BCUT2D eigenvalue weighted by Gasteiger charge is -2.11. The predicted octanol–water partition coefficient (Wildman–Crippen LogP) is 5.08. The second-order valence-corrected chi connectivity index (χ2v) is 8.63. The molecule has 3 aromatic heterocycles. The minimum absolute atomic E-state index is 0.155. The lowest BCUT2D eigenvalue weighted by atomic mass is 10.1. The SMILES string of the molecule is Cc1ccc(-c2csc3ncnc(S[C@H](C)C(=O)Nc4cc(C)on4)c23)cc1. The maximum atomic E-state index is 12.5. The van der Waals surface area contributed by atoms with E-state index < -0.39 is 0 Å². The average molecular weight is 411 g/mol. The number of carbonyl (C=O) groups excluding carboxylic acids is 1. The van der Waals surface area contributed by atoms with Crippen LogP contribution in [0.25, 0.3) is 21.3 Å². The molecule has 8 heteroatoms. The van der Waals surface area contributed by atoms with Crippen LogP contribution in [-0.2, 0) is 4.79 Å². The van der Waals surface area contributed by atoms with Crippen LogP contribution in [0.1, 0.15) is 18.2 Å². The van der Waals surface area contributed by atoms with Crippen molar-refractivity contribution in [1.29, 1.82) is 0 Å². The minimum atomic E-state index is -0.360. The molecule has 0 aliphatic heterocycles. The monoisotopic (exact) mass is 410 g/mol. The molecular formula is C20H18N4O2S2. The summed E-state index contributed by atoms with van der Waals surface area (Å²) in [4.78, 5) is 22.3. The molecule has 1 aromatic carbocycles. The van der Waals surface area contributed by atoms with Crippen molar-refractivity contribution in [1.82, 2.24) is 15.1 Å². The standard InChI is InChI=1S/C20H18N4O2S2/c1-11-4-6-14(7-5-11)15-9-27-19-17(15)20(22-10-21-19)28-13(3)18(25)23-16-8-12(2)26-24-16/h4-10,13H,1-3H3,(H,23,24,25)/t13-/m1/s1. The average Bonchev–Trinajstić information content (AvgIpc) is 3.29. The van der Waals surface area contributed by atoms with E-state index in [-0.39, 0.29) is 11.2 Å². The van der Waals surface area contributed by atoms with Crippen molar-refractivity contribution in [2.45, 2.75) is 31.0 Å². The van der Waals surface area contributed by atoms with Crippen molar-refractivity contribution in [3.63, 3.8) is 0 Å². The Bertz CT molecular complexity index is 1130. The molecule has 6 nitrogen and oxygen atoms in total. The third kappa shape index (κ3) is 3.79. The zero-order chi connectivity index (χ0) is 19.7. The van der Waals surface area contributed by atoms with Crippen molar-refractivity contribution in [2.75, 3.05) is 5.32 Å². The van der Waals surface area contributed by atoms with Gasteiger partial charge in [0.1, 0.15) is 21.9 Å². The highest BCUT2D eigenvalue weighted by molar-refractivity contribution is 8.00. The van der Waals surface area contributed by atoms with Gasteiger partial charge in [-0.2, -0.15) is 0 Å². The molecule has 1 amide bonds. The number of aryl methyl sites for hydroxylation is 2. The van der Waals surface area contributed by atoms with Gasteiger partial charge >= 0.3 is 0 Å². The predicted molar refractivity (Wildman–Crippen MR) is 113 cm³/mol. The largest absolute Gasteiger partial charge is 0.360 e. The Balaban J connectivity index is 1.62. The molecule has 1 N–H and O–H groups in total. The highest BCUT2D eigenvalue weighted by atomic mass is 32.2. The van der Waals surface area contributed by atoms with Gasteiger partial charge in [-0.15, -0.1) is 11.3 Å². The molecule has 0 bridgehead atoms. The summed E-state index contributed by atoms with van der Waals surface area (Å²) < 4.78 is 4.99. The Morgan fingerprint density at radius 3 is 2.71 bits per heavy atom. The van der Waals surface area contributed by atoms with Crippen molar-refractivity contribution in [2.24, 2.45) is 0 Å². The van der Waals surface area contributed by atoms with Crippen LogP contribution in [0.15, 0.2) is 51.6 Å². The van der Waals surface area contributed by atoms with Gasteiger partial charge < -0.3 is 9.84 Å². The van der Waals surface area contributed by atoms with Crippen LogP contribution in [0, 0.1) is 13.8 Å². The zero-order valence-corrected chi connectivity index (χ0v) is 17.2. The van der Waals surface area contributed by atoms with Crippen LogP contribution in [-0.4, -0.2) is 26.3 Å². The molecule has 0 aliphatic rings. The molecule has 3 heterocycles. The van der Waals surface area contributed by atoms with Crippen molar-refractivity contribution >= 4 is 45.0 Å². The first-order chi connectivity index (χ1) is 13.5. The lowest BCUT2D eigenvalue weighted by molar-refractivity contribution is -0.115. The fourth-order valence-corrected chi connectivity index (χ4v) is 4.67. The summed E-state index contributed by atoms with van der Waals surface area (Å²) in [5.74, 6) is 0.907. The highest BCUT2D eigenvalue weighted by Crippen LogP contribution is 2.39. The molecule has 0 radical (unpaired) electrons. The lowest BCUT2D eigenvalue weighted by Crippen LogP contribution is -2.22. The normalized spacial score (nSPS) is 12.2. The van der Waals surface area contributed by atoms with Crippen LogP contribution in [0.5, 0.6) is 0 Å². The number of fused-ring (bicyclic) bond motifs is 1. The number of rotatable bonds is 5. The van der Waals surface area contributed by atoms with E-state index >= 15 is 0 Å². The number of anilines is 1. The van der Waals surface area contributed by atoms with Crippen LogP contribution in [0.2, 0.25) is 0 Å². The first-order valence-electron chi connectivity index (χ1n) is 8.71. The van der Waals surface area contributed by atoms with Crippen LogP contribution >= 0.6 is 23.1 Å². The molecule has 4 aromatic rings. The van der Waals surface area contributed by atoms with E-state index in [2.05, 4.69) is 57.0 Å². The minimum Gasteiger partial charge on any atom is -0.360 e. The van der Waals surface area contributed by atoms with Gasteiger partial charge in [-0.1, -0.05) is 46.7 Å². The van der Waals surface area contributed by atoms with Crippen LogP contribution < -0.4 is 5.32 Å². The summed E-state index contributed by atoms with van der Waals surface area (Å²) in [5, 5.41) is 10.1. The number of benzene rings is 1. The molecule has 0 aliphatic carbocycles. The second-order valence-electron chi connectivity index (χ2n) is 6.45. The van der Waals surface area contributed by atoms with E-state index in [1.54, 1.807) is 30.7 Å². The summed E-state index contributed by atoms with van der Waals surface area (Å²) >= 11 is 2.99. The van der Waals surface area contributed by atoms with E-state index in [9.17, 15) is 4.79 Å². The molecule has 0 saturated heterocycles. The number of thioether (sulfide) groups is 1. The van der Waals surface area contributed by atoms with E-state index in [1.807, 2.05) is 6.92 Å². The van der Waals surface area contributed by atoms with Gasteiger partial charge in [-0.3, -0.25) is 4.79 Å². The van der Waals surface area contributed by atoms with Crippen LogP contribution in [0.3, 0.4) is 0 Å². The number of nitrogens with zero attached hydrogens (tertiary/aromatic N) is 3. The summed E-state index contributed by atoms with van der Waals surface area (Å²) in [6.45, 7) is 5.69. The Kier molecular flexibility index (Phi) is 5.15. The van der Waals surface area contributed by atoms with E-state index in [1.165, 1.54) is 17.3 Å². The maximum absolute atomic E-state index is 12.5. The molecule has 1 atom stereocenters. The van der Waals surface area contributed by atoms with E-state index in [4.69, 9.17) is 4.52 Å². The van der Waals surface area contributed by atoms with Crippen molar-refractivity contribution < 1.29 is 9.32 Å². The smallest absolute Gasteiger partial charge is 0.238 e. The summed E-state index contributed by atoms with van der Waals surface area (Å²) in [5.41, 5.74) is 3.41. The molecule has 28 heavy (non-hydrogen) atoms. The Labute approximate surface area is 170 Å². The second kappa shape index (κ2) is 7.73. The number of carbonyl (C=O) groups is 1. The number of hydrogen-bond acceptors (Lipinski definition) is 7. The van der Waals surface area contributed by atoms with Gasteiger partial charge in [-0.25, -0.2) is 9.97 Å². The molecule has 0 spiro atoms. The first kappa shape index (κ1) is 18.6. The number of hydrogen-bond donors (Lipinski definition) is 1. The maximum Gasteiger partial charge on any atom is 0.238 e. The Morgan fingerprint density at radius 1 is 1.21 bits per heavy atom. The van der Waals surface area contributed by atoms with Crippen LogP contribution in [0.4, 0.5) is 5.82 Å². The third-order valence-electron chi connectivity index (χ3n) is 4.23. The fourth-order valence-electron chi connectivity index (χ4n) is 2.76. The van der Waals surface area contributed by atoms with Gasteiger partial charge in [0, 0.05) is 17.0 Å². The molecule has 0 unspecified atom stereocenters. The van der Waals surface area contributed by atoms with E-state index in [0.29, 0.717) is 11.6 Å². The molecule has 0 fully saturated rings. The summed E-state index contributed by atoms with van der Waals surface area (Å²) in [7, 11) is 0. The number of nitrogens with one attached hydrogen (secondary N) is 1. The third-order valence-corrected chi connectivity index (χ3v) is 6.22. The number of amides is 1. The molecule has 0 saturated carbocycles. The Hall–Kier alpha value is -2.71. The van der Waals surface area contributed by atoms with Gasteiger partial charge in [0.2, 0.25) is 5.91 Å². The van der Waals surface area contributed by atoms with Crippen molar-refractivity contribution in [3.05, 3.63) is 53.4 Å². The van der Waals surface area contributed by atoms with Gasteiger partial charge in [0.25, 0.3) is 0 Å². The van der Waals surface area contributed by atoms with Gasteiger partial charge in [-0.05, 0) is 26.3 Å². The molecule has 142 valence electrons. The molecule has 4 rings (SSSR count). The van der Waals surface area contributed by atoms with Crippen molar-refractivity contribution in [3.8, 4) is 11.1 Å². The van der Waals surface area contributed by atoms with Gasteiger partial charge in [0.15, 0.2) is 5.82 Å². The quantitative estimate of drug-likeness (QED) is 0.365. The highest BCUT2D eigenvalue weighted by Gasteiger charge is 2.20. The fraction of sp³-hybridized carbons (Fsp3) is 0.200. The topological polar surface area (TPSA) is 80.9 Å². The summed E-state index contributed by atoms with van der Waals surface area (Å²) in [6.07, 6.45) is 1.55. The molecular weight excluding hydrogens is 392 g/mol. The van der Waals surface area contributed by atoms with E-state index in [0.717, 1.165) is 26.4 Å². The number of aromatic nitrogens is 3. The summed E-state index contributed by atoms with van der Waals surface area (Å²) in [6, 6.07) is 10.1. The zero-order valence-electron chi connectivity index (χ0n) is 15.6. The number of thiophene rings is 1. The van der Waals surface area contributed by atoms with Gasteiger partial charge in [0.05, 0.1) is 10.6 Å².